The van der Waals surface area contributed by atoms with Gasteiger partial charge in [0, 0.05) is 24.4 Å². The van der Waals surface area contributed by atoms with E-state index in [-0.39, 0.29) is 29.4 Å². The molecule has 156 valence electrons. The number of carbonyl (C=O) groups is 2. The fraction of sp³-hybridized carbons (Fsp3) is 0.400. The summed E-state index contributed by atoms with van der Waals surface area (Å²) in [5, 5.41) is 3.24. The Hall–Kier alpha value is -2.23. The fourth-order valence-corrected chi connectivity index (χ4v) is 6.08. The molecule has 2 amide bonds. The van der Waals surface area contributed by atoms with Crippen molar-refractivity contribution in [1.29, 1.82) is 0 Å². The molecule has 3 N–H and O–H groups in total. The van der Waals surface area contributed by atoms with Gasteiger partial charge in [0.05, 0.1) is 16.2 Å². The molecule has 0 atom stereocenters. The maximum absolute atomic E-state index is 12.4. The van der Waals surface area contributed by atoms with Crippen molar-refractivity contribution in [2.45, 2.75) is 37.6 Å². The molecule has 1 aliphatic heterocycles. The van der Waals surface area contributed by atoms with Gasteiger partial charge in [0.25, 0.3) is 5.91 Å². The Morgan fingerprint density at radius 3 is 2.62 bits per heavy atom. The van der Waals surface area contributed by atoms with E-state index < -0.39 is 15.7 Å². The number of sulfone groups is 1. The van der Waals surface area contributed by atoms with E-state index >= 15 is 0 Å². The lowest BCUT2D eigenvalue weighted by Crippen LogP contribution is -2.30. The smallest absolute Gasteiger partial charge is 0.251 e. The molecule has 7 nitrogen and oxygen atoms in total. The van der Waals surface area contributed by atoms with Gasteiger partial charge in [-0.05, 0) is 37.1 Å². The van der Waals surface area contributed by atoms with E-state index in [0.717, 1.165) is 36.5 Å². The van der Waals surface area contributed by atoms with Crippen molar-refractivity contribution in [3.8, 4) is 0 Å². The van der Waals surface area contributed by atoms with E-state index in [1.54, 1.807) is 30.3 Å². The minimum Gasteiger partial charge on any atom is -0.365 e. The second-order valence-electron chi connectivity index (χ2n) is 6.97. The lowest BCUT2D eigenvalue weighted by atomic mass is 10.0. The Morgan fingerprint density at radius 2 is 1.97 bits per heavy atom. The predicted octanol–water partition coefficient (Wildman–Crippen LogP) is 2.42. The number of carbonyl (C=O) groups excluding carboxylic acids is 2. The van der Waals surface area contributed by atoms with E-state index in [1.807, 2.05) is 0 Å². The molecular weight excluding hydrogens is 410 g/mol. The normalized spacial score (nSPS) is 14.4. The Morgan fingerprint density at radius 1 is 1.24 bits per heavy atom. The van der Waals surface area contributed by atoms with Crippen molar-refractivity contribution in [2.24, 2.45) is 5.73 Å². The molecule has 0 aliphatic carbocycles. The number of amides is 2. The first kappa shape index (κ1) is 21.5. The molecule has 9 heteroatoms. The molecule has 1 aliphatic rings. The molecule has 2 heterocycles. The van der Waals surface area contributed by atoms with Gasteiger partial charge in [-0.3, -0.25) is 14.5 Å². The molecule has 0 saturated heterocycles. The fourth-order valence-electron chi connectivity index (χ4n) is 3.43. The van der Waals surface area contributed by atoms with E-state index in [9.17, 15) is 18.0 Å². The number of nitrogens with one attached hydrogen (secondary N) is 1. The first-order chi connectivity index (χ1) is 13.8. The van der Waals surface area contributed by atoms with Gasteiger partial charge in [0.2, 0.25) is 5.91 Å². The summed E-state index contributed by atoms with van der Waals surface area (Å²) < 4.78 is 24.6. The zero-order valence-electron chi connectivity index (χ0n) is 16.3. The van der Waals surface area contributed by atoms with Gasteiger partial charge in [-0.15, -0.1) is 11.3 Å². The number of hydrogen-bond donors (Lipinski definition) is 2. The van der Waals surface area contributed by atoms with Crippen LogP contribution in [0.25, 0.3) is 0 Å². The largest absolute Gasteiger partial charge is 0.365 e. The van der Waals surface area contributed by atoms with E-state index in [1.165, 1.54) is 11.3 Å². The number of nitrogens with zero attached hydrogens (tertiary/aromatic N) is 1. The first-order valence-electron chi connectivity index (χ1n) is 9.56. The minimum absolute atomic E-state index is 0.0495. The molecule has 3 rings (SSSR count). The summed E-state index contributed by atoms with van der Waals surface area (Å²) in [6, 6.07) is 8.18. The number of primary amides is 1. The van der Waals surface area contributed by atoms with Crippen LogP contribution in [0.5, 0.6) is 0 Å². The van der Waals surface area contributed by atoms with Gasteiger partial charge in [-0.2, -0.15) is 0 Å². The number of thiophene rings is 1. The Balaban J connectivity index is 1.64. The van der Waals surface area contributed by atoms with Crippen LogP contribution in [0.4, 0.5) is 5.00 Å². The number of nitrogens with two attached hydrogens (primary N) is 1. The number of likely N-dealkylation sites (N-methyl/N-ethyl adjacent to an activating group) is 1. The second-order valence-corrected chi connectivity index (χ2v) is 10.2. The standard InChI is InChI=1S/C20H25N3O4S2/c1-2-23-11-10-15-16(13-23)28-20(18(15)19(21)25)22-17(24)9-6-12-29(26,27)14-7-4-3-5-8-14/h3-5,7-8H,2,6,9-13H2,1H3,(H2,21,25)(H,22,24). The van der Waals surface area contributed by atoms with Gasteiger partial charge in [0.1, 0.15) is 5.00 Å². The molecule has 0 saturated carbocycles. The van der Waals surface area contributed by atoms with Crippen molar-refractivity contribution in [1.82, 2.24) is 4.90 Å². The van der Waals surface area contributed by atoms with Crippen LogP contribution < -0.4 is 11.1 Å². The van der Waals surface area contributed by atoms with Crippen molar-refractivity contribution >= 4 is 38.0 Å². The highest BCUT2D eigenvalue weighted by Gasteiger charge is 2.27. The summed E-state index contributed by atoms with van der Waals surface area (Å²) in [7, 11) is -3.42. The highest BCUT2D eigenvalue weighted by molar-refractivity contribution is 7.91. The van der Waals surface area contributed by atoms with Gasteiger partial charge >= 0.3 is 0 Å². The summed E-state index contributed by atoms with van der Waals surface area (Å²) in [5.41, 5.74) is 6.89. The lowest BCUT2D eigenvalue weighted by molar-refractivity contribution is -0.116. The molecule has 0 spiro atoms. The van der Waals surface area contributed by atoms with Crippen LogP contribution in [0.2, 0.25) is 0 Å². The summed E-state index contributed by atoms with van der Waals surface area (Å²) in [4.78, 5) is 27.9. The van der Waals surface area contributed by atoms with Crippen LogP contribution in [0.3, 0.4) is 0 Å². The van der Waals surface area contributed by atoms with Crippen molar-refractivity contribution in [3.63, 3.8) is 0 Å². The number of hydrogen-bond acceptors (Lipinski definition) is 6. The predicted molar refractivity (Wildman–Crippen MR) is 114 cm³/mol. The third kappa shape index (κ3) is 5.04. The molecule has 0 fully saturated rings. The van der Waals surface area contributed by atoms with Gasteiger partial charge in [-0.1, -0.05) is 25.1 Å². The number of benzene rings is 1. The molecule has 0 radical (unpaired) electrons. The molecular formula is C20H25N3O4S2. The van der Waals surface area contributed by atoms with Gasteiger partial charge in [0.15, 0.2) is 9.84 Å². The van der Waals surface area contributed by atoms with Crippen molar-refractivity contribution in [3.05, 3.63) is 46.3 Å². The average molecular weight is 436 g/mol. The quantitative estimate of drug-likeness (QED) is 0.662. The van der Waals surface area contributed by atoms with Gasteiger partial charge < -0.3 is 11.1 Å². The molecule has 0 unspecified atom stereocenters. The average Bonchev–Trinajstić information content (AvgIpc) is 3.05. The Bertz CT molecular complexity index is 1000. The number of fused-ring (bicyclic) bond motifs is 1. The third-order valence-corrected chi connectivity index (χ3v) is 7.95. The molecule has 0 bridgehead atoms. The maximum atomic E-state index is 12.4. The number of anilines is 1. The molecule has 29 heavy (non-hydrogen) atoms. The van der Waals surface area contributed by atoms with Crippen LogP contribution in [0, 0.1) is 0 Å². The zero-order chi connectivity index (χ0) is 21.0. The summed E-state index contributed by atoms with van der Waals surface area (Å²) in [6.45, 7) is 4.59. The molecule has 1 aromatic carbocycles. The highest BCUT2D eigenvalue weighted by atomic mass is 32.2. The van der Waals surface area contributed by atoms with E-state index in [2.05, 4.69) is 17.1 Å². The second kappa shape index (κ2) is 9.06. The topological polar surface area (TPSA) is 110 Å². The lowest BCUT2D eigenvalue weighted by Gasteiger charge is -2.25. The van der Waals surface area contributed by atoms with Crippen LogP contribution in [-0.2, 0) is 27.6 Å². The minimum atomic E-state index is -3.42. The van der Waals surface area contributed by atoms with Crippen LogP contribution >= 0.6 is 11.3 Å². The van der Waals surface area contributed by atoms with Crippen LogP contribution in [0.1, 0.15) is 40.6 Å². The van der Waals surface area contributed by atoms with Gasteiger partial charge in [-0.25, -0.2) is 8.42 Å². The Kier molecular flexibility index (Phi) is 6.71. The summed E-state index contributed by atoms with van der Waals surface area (Å²) in [6.07, 6.45) is 0.973. The molecule has 1 aromatic heterocycles. The zero-order valence-corrected chi connectivity index (χ0v) is 17.9. The molecule has 2 aromatic rings. The van der Waals surface area contributed by atoms with E-state index in [0.29, 0.717) is 10.6 Å². The summed E-state index contributed by atoms with van der Waals surface area (Å²) in [5.74, 6) is -0.976. The van der Waals surface area contributed by atoms with Crippen LogP contribution in [0.15, 0.2) is 35.2 Å². The third-order valence-electron chi connectivity index (χ3n) is 5.00. The summed E-state index contributed by atoms with van der Waals surface area (Å²) >= 11 is 1.38. The first-order valence-corrected chi connectivity index (χ1v) is 12.0. The van der Waals surface area contributed by atoms with Crippen molar-refractivity contribution in [2.75, 3.05) is 24.2 Å². The maximum Gasteiger partial charge on any atom is 0.251 e. The SMILES string of the molecule is CCN1CCc2c(sc(NC(=O)CCCS(=O)(=O)c3ccccc3)c2C(N)=O)C1. The number of rotatable bonds is 8. The highest BCUT2D eigenvalue weighted by Crippen LogP contribution is 2.37. The monoisotopic (exact) mass is 435 g/mol. The van der Waals surface area contributed by atoms with Crippen LogP contribution in [-0.4, -0.2) is 44.0 Å². The Labute approximate surface area is 174 Å². The van der Waals surface area contributed by atoms with E-state index in [4.69, 9.17) is 5.73 Å². The van der Waals surface area contributed by atoms with Crippen molar-refractivity contribution < 1.29 is 18.0 Å².